The molecule has 0 bridgehead atoms. The predicted octanol–water partition coefficient (Wildman–Crippen LogP) is 2.69. The van der Waals surface area contributed by atoms with Crippen molar-refractivity contribution < 1.29 is 12.6 Å². The third-order valence-electron chi connectivity index (χ3n) is 2.19. The van der Waals surface area contributed by atoms with E-state index in [1.54, 1.807) is 18.2 Å². The van der Waals surface area contributed by atoms with Crippen molar-refractivity contribution in [2.45, 2.75) is 0 Å². The second-order valence-electron chi connectivity index (χ2n) is 3.68. The van der Waals surface area contributed by atoms with Crippen molar-refractivity contribution in [3.8, 4) is 16.9 Å². The number of hydrogen-bond acceptors (Lipinski definition) is 3. The van der Waals surface area contributed by atoms with Crippen LogP contribution in [0.15, 0.2) is 54.6 Å². The van der Waals surface area contributed by atoms with Gasteiger partial charge in [-0.3, -0.25) is 0 Å². The van der Waals surface area contributed by atoms with Crippen molar-refractivity contribution >= 4 is 10.1 Å². The lowest BCUT2D eigenvalue weighted by atomic mass is 10.1. The Labute approximate surface area is 101 Å². The molecule has 2 aromatic rings. The van der Waals surface area contributed by atoms with E-state index in [4.69, 9.17) is 4.18 Å². The summed E-state index contributed by atoms with van der Waals surface area (Å²) in [5, 5.41) is 0. The Morgan fingerprint density at radius 3 is 2.18 bits per heavy atom. The van der Waals surface area contributed by atoms with Gasteiger partial charge in [0, 0.05) is 0 Å². The van der Waals surface area contributed by atoms with E-state index in [2.05, 4.69) is 0 Å². The van der Waals surface area contributed by atoms with Crippen molar-refractivity contribution in [2.75, 3.05) is 6.26 Å². The van der Waals surface area contributed by atoms with E-state index in [1.807, 2.05) is 36.4 Å². The van der Waals surface area contributed by atoms with Crippen LogP contribution in [0.25, 0.3) is 11.1 Å². The SMILES string of the molecule is CS(=O)(=O)Oc1cccc(-c2ccccc2)c1. The number of hydrogen-bond donors (Lipinski definition) is 0. The van der Waals surface area contributed by atoms with Crippen LogP contribution in [0.4, 0.5) is 0 Å². The van der Waals surface area contributed by atoms with Crippen LogP contribution < -0.4 is 4.18 Å². The monoisotopic (exact) mass is 248 g/mol. The lowest BCUT2D eigenvalue weighted by Crippen LogP contribution is -2.05. The summed E-state index contributed by atoms with van der Waals surface area (Å²) in [6.45, 7) is 0. The first-order valence-corrected chi connectivity index (χ1v) is 6.91. The van der Waals surface area contributed by atoms with E-state index in [0.717, 1.165) is 17.4 Å². The molecule has 2 rings (SSSR count). The topological polar surface area (TPSA) is 43.4 Å². The summed E-state index contributed by atoms with van der Waals surface area (Å²) in [6, 6.07) is 16.7. The Bertz CT molecular complexity index is 604. The van der Waals surface area contributed by atoms with Gasteiger partial charge in [-0.15, -0.1) is 0 Å². The molecule has 0 radical (unpaired) electrons. The first-order chi connectivity index (χ1) is 8.04. The molecule has 0 aliphatic rings. The summed E-state index contributed by atoms with van der Waals surface area (Å²) in [4.78, 5) is 0. The second kappa shape index (κ2) is 4.59. The molecule has 0 N–H and O–H groups in total. The molecule has 0 amide bonds. The summed E-state index contributed by atoms with van der Waals surface area (Å²) in [5.74, 6) is 0.328. The van der Waals surface area contributed by atoms with E-state index in [-0.39, 0.29) is 0 Å². The standard InChI is InChI=1S/C13H12O3S/c1-17(14,15)16-13-9-5-8-12(10-13)11-6-3-2-4-7-11/h2-10H,1H3. The van der Waals surface area contributed by atoms with Gasteiger partial charge in [0.1, 0.15) is 5.75 Å². The molecule has 0 atom stereocenters. The van der Waals surface area contributed by atoms with Gasteiger partial charge >= 0.3 is 10.1 Å². The highest BCUT2D eigenvalue weighted by atomic mass is 32.2. The zero-order valence-electron chi connectivity index (χ0n) is 9.33. The lowest BCUT2D eigenvalue weighted by Gasteiger charge is -2.05. The molecule has 88 valence electrons. The molecule has 3 nitrogen and oxygen atoms in total. The number of benzene rings is 2. The Hall–Kier alpha value is -1.81. The van der Waals surface area contributed by atoms with Gasteiger partial charge in [0.25, 0.3) is 0 Å². The molecule has 0 saturated carbocycles. The maximum atomic E-state index is 11.0. The molecule has 0 aromatic heterocycles. The van der Waals surface area contributed by atoms with Crippen molar-refractivity contribution in [3.05, 3.63) is 54.6 Å². The number of rotatable bonds is 3. The summed E-state index contributed by atoms with van der Waals surface area (Å²) in [5.41, 5.74) is 1.94. The third kappa shape index (κ3) is 3.32. The van der Waals surface area contributed by atoms with Crippen molar-refractivity contribution in [2.24, 2.45) is 0 Å². The largest absolute Gasteiger partial charge is 0.383 e. The zero-order valence-corrected chi connectivity index (χ0v) is 10.1. The van der Waals surface area contributed by atoms with Gasteiger partial charge in [0.2, 0.25) is 0 Å². The van der Waals surface area contributed by atoms with Crippen LogP contribution >= 0.6 is 0 Å². The maximum Gasteiger partial charge on any atom is 0.306 e. The first-order valence-electron chi connectivity index (χ1n) is 5.09. The molecule has 0 fully saturated rings. The molecule has 0 unspecified atom stereocenters. The minimum atomic E-state index is -3.48. The smallest absolute Gasteiger partial charge is 0.306 e. The van der Waals surface area contributed by atoms with E-state index in [0.29, 0.717) is 5.75 Å². The predicted molar refractivity (Wildman–Crippen MR) is 67.3 cm³/mol. The molecule has 0 saturated heterocycles. The van der Waals surface area contributed by atoms with E-state index in [9.17, 15) is 8.42 Å². The van der Waals surface area contributed by atoms with E-state index in [1.165, 1.54) is 0 Å². The first kappa shape index (κ1) is 11.7. The Morgan fingerprint density at radius 2 is 1.53 bits per heavy atom. The van der Waals surface area contributed by atoms with Crippen LogP contribution in [0.1, 0.15) is 0 Å². The van der Waals surface area contributed by atoms with Gasteiger partial charge in [0.15, 0.2) is 0 Å². The van der Waals surface area contributed by atoms with Crippen LogP contribution in [0.3, 0.4) is 0 Å². The Morgan fingerprint density at radius 1 is 0.882 bits per heavy atom. The average Bonchev–Trinajstić information content (AvgIpc) is 2.28. The molecule has 4 heteroatoms. The van der Waals surface area contributed by atoms with Crippen molar-refractivity contribution in [3.63, 3.8) is 0 Å². The van der Waals surface area contributed by atoms with E-state index >= 15 is 0 Å². The average molecular weight is 248 g/mol. The normalized spacial score (nSPS) is 11.1. The summed E-state index contributed by atoms with van der Waals surface area (Å²) in [6.07, 6.45) is 1.03. The molecule has 2 aromatic carbocycles. The molecule has 0 spiro atoms. The second-order valence-corrected chi connectivity index (χ2v) is 5.26. The van der Waals surface area contributed by atoms with E-state index < -0.39 is 10.1 Å². The van der Waals surface area contributed by atoms with Crippen LogP contribution in [0.2, 0.25) is 0 Å². The molecule has 0 heterocycles. The highest BCUT2D eigenvalue weighted by Gasteiger charge is 2.05. The quantitative estimate of drug-likeness (QED) is 0.784. The lowest BCUT2D eigenvalue weighted by molar-refractivity contribution is 0.493. The minimum Gasteiger partial charge on any atom is -0.383 e. The zero-order chi connectivity index (χ0) is 12.3. The third-order valence-corrected chi connectivity index (χ3v) is 2.68. The van der Waals surface area contributed by atoms with Crippen LogP contribution in [-0.4, -0.2) is 14.7 Å². The fourth-order valence-corrected chi connectivity index (χ4v) is 1.99. The minimum absolute atomic E-state index is 0.328. The molecule has 0 aliphatic heterocycles. The molecular formula is C13H12O3S. The van der Waals surface area contributed by atoms with Crippen LogP contribution in [0.5, 0.6) is 5.75 Å². The van der Waals surface area contributed by atoms with Gasteiger partial charge < -0.3 is 4.18 Å². The molecular weight excluding hydrogens is 236 g/mol. The van der Waals surface area contributed by atoms with Gasteiger partial charge in [-0.2, -0.15) is 8.42 Å². The fraction of sp³-hybridized carbons (Fsp3) is 0.0769. The molecule has 0 aliphatic carbocycles. The highest BCUT2D eigenvalue weighted by molar-refractivity contribution is 7.86. The van der Waals surface area contributed by atoms with Gasteiger partial charge in [-0.1, -0.05) is 42.5 Å². The summed E-state index contributed by atoms with van der Waals surface area (Å²) >= 11 is 0. The molecule has 17 heavy (non-hydrogen) atoms. The van der Waals surface area contributed by atoms with Crippen LogP contribution in [-0.2, 0) is 10.1 Å². The van der Waals surface area contributed by atoms with Crippen molar-refractivity contribution in [1.29, 1.82) is 0 Å². The Balaban J connectivity index is 2.36. The fourth-order valence-electron chi connectivity index (χ4n) is 1.53. The summed E-state index contributed by atoms with van der Waals surface area (Å²) in [7, 11) is -3.48. The highest BCUT2D eigenvalue weighted by Crippen LogP contribution is 2.24. The van der Waals surface area contributed by atoms with Crippen molar-refractivity contribution in [1.82, 2.24) is 0 Å². The van der Waals surface area contributed by atoms with Gasteiger partial charge in [-0.05, 0) is 23.3 Å². The summed E-state index contributed by atoms with van der Waals surface area (Å²) < 4.78 is 26.9. The van der Waals surface area contributed by atoms with Crippen LogP contribution in [0, 0.1) is 0 Å². The Kier molecular flexibility index (Phi) is 3.15. The maximum absolute atomic E-state index is 11.0. The van der Waals surface area contributed by atoms with Gasteiger partial charge in [-0.25, -0.2) is 0 Å². The van der Waals surface area contributed by atoms with Gasteiger partial charge in [0.05, 0.1) is 6.26 Å².